The Hall–Kier alpha value is -3.45. The molecule has 3 rings (SSSR count). The van der Waals surface area contributed by atoms with Gasteiger partial charge < -0.3 is 16.4 Å². The Labute approximate surface area is 170 Å². The fourth-order valence-corrected chi connectivity index (χ4v) is 2.99. The molecular formula is C22H26N6O. The van der Waals surface area contributed by atoms with Crippen molar-refractivity contribution in [3.8, 4) is 0 Å². The lowest BCUT2D eigenvalue weighted by atomic mass is 10.1. The van der Waals surface area contributed by atoms with Gasteiger partial charge in [0.25, 0.3) is 5.91 Å². The van der Waals surface area contributed by atoms with Gasteiger partial charge in [0.2, 0.25) is 0 Å². The summed E-state index contributed by atoms with van der Waals surface area (Å²) >= 11 is 0. The molecule has 5 N–H and O–H groups in total. The van der Waals surface area contributed by atoms with E-state index < -0.39 is 5.91 Å². The Bertz CT molecular complexity index is 994. The number of carbonyl (C=O) groups is 1. The van der Waals surface area contributed by atoms with Gasteiger partial charge in [0, 0.05) is 24.0 Å². The van der Waals surface area contributed by atoms with Crippen LogP contribution in [0.1, 0.15) is 30.0 Å². The van der Waals surface area contributed by atoms with Crippen LogP contribution in [0.3, 0.4) is 0 Å². The van der Waals surface area contributed by atoms with E-state index in [4.69, 9.17) is 11.1 Å². The highest BCUT2D eigenvalue weighted by Gasteiger charge is 2.15. The molecule has 1 amide bonds. The van der Waals surface area contributed by atoms with Crippen LogP contribution in [0.2, 0.25) is 0 Å². The Morgan fingerprint density at radius 1 is 1.17 bits per heavy atom. The summed E-state index contributed by atoms with van der Waals surface area (Å²) in [6.07, 6.45) is 4.43. The third-order valence-electron chi connectivity index (χ3n) is 4.44. The van der Waals surface area contributed by atoms with Gasteiger partial charge >= 0.3 is 0 Å². The van der Waals surface area contributed by atoms with E-state index in [0.29, 0.717) is 23.5 Å². The summed E-state index contributed by atoms with van der Waals surface area (Å²) in [5.41, 5.74) is 9.38. The molecule has 1 aromatic heterocycles. The first-order valence-electron chi connectivity index (χ1n) is 9.62. The Balaban J connectivity index is 1.61. The highest BCUT2D eigenvalue weighted by molar-refractivity contribution is 6.48. The van der Waals surface area contributed by atoms with Gasteiger partial charge in [-0.15, -0.1) is 0 Å². The molecule has 0 aliphatic heterocycles. The zero-order valence-electron chi connectivity index (χ0n) is 16.5. The molecule has 0 radical (unpaired) electrons. The fraction of sp³-hybridized carbons (Fsp3) is 0.227. The zero-order chi connectivity index (χ0) is 20.6. The molecule has 7 heteroatoms. The molecule has 150 valence electrons. The predicted molar refractivity (Wildman–Crippen MR) is 116 cm³/mol. The van der Waals surface area contributed by atoms with Crippen molar-refractivity contribution >= 4 is 23.0 Å². The normalized spacial score (nSPS) is 10.7. The smallest absolute Gasteiger partial charge is 0.274 e. The molecule has 0 spiro atoms. The maximum atomic E-state index is 12.4. The minimum Gasteiger partial charge on any atom is -0.398 e. The lowest BCUT2D eigenvalue weighted by Gasteiger charge is -2.07. The number of para-hydroxylation sites is 1. The predicted octanol–water partition coefficient (Wildman–Crippen LogP) is 3.02. The summed E-state index contributed by atoms with van der Waals surface area (Å²) in [5.74, 6) is -0.522. The van der Waals surface area contributed by atoms with Crippen molar-refractivity contribution in [2.24, 2.45) is 0 Å². The van der Waals surface area contributed by atoms with Crippen LogP contribution in [0.25, 0.3) is 0 Å². The van der Waals surface area contributed by atoms with E-state index in [1.807, 2.05) is 6.07 Å². The van der Waals surface area contributed by atoms with Crippen LogP contribution in [0.5, 0.6) is 0 Å². The number of hydrogen-bond donors (Lipinski definition) is 4. The number of rotatable bonds is 9. The van der Waals surface area contributed by atoms with Gasteiger partial charge in [-0.1, -0.05) is 49.4 Å². The van der Waals surface area contributed by atoms with Crippen molar-refractivity contribution in [1.29, 1.82) is 5.41 Å². The Morgan fingerprint density at radius 2 is 1.97 bits per heavy atom. The molecule has 0 bridgehead atoms. The van der Waals surface area contributed by atoms with E-state index in [1.165, 1.54) is 5.56 Å². The average molecular weight is 390 g/mol. The minimum absolute atomic E-state index is 0.178. The summed E-state index contributed by atoms with van der Waals surface area (Å²) in [4.78, 5) is 12.4. The van der Waals surface area contributed by atoms with Crippen LogP contribution in [-0.2, 0) is 17.9 Å². The van der Waals surface area contributed by atoms with Crippen molar-refractivity contribution in [2.75, 3.05) is 17.6 Å². The van der Waals surface area contributed by atoms with E-state index in [-0.39, 0.29) is 5.71 Å². The molecule has 2 aromatic carbocycles. The molecular weight excluding hydrogens is 364 g/mol. The number of hydrogen-bond acceptors (Lipinski definition) is 5. The zero-order valence-corrected chi connectivity index (χ0v) is 16.5. The highest BCUT2D eigenvalue weighted by Crippen LogP contribution is 2.14. The summed E-state index contributed by atoms with van der Waals surface area (Å²) in [6.45, 7) is 4.58. The van der Waals surface area contributed by atoms with Crippen molar-refractivity contribution in [3.05, 3.63) is 77.6 Å². The molecule has 0 aliphatic rings. The lowest BCUT2D eigenvalue weighted by molar-refractivity contribution is -0.110. The number of nitrogen functional groups attached to an aromatic ring is 1. The van der Waals surface area contributed by atoms with E-state index in [0.717, 1.165) is 25.1 Å². The van der Waals surface area contributed by atoms with Crippen molar-refractivity contribution < 1.29 is 4.79 Å². The summed E-state index contributed by atoms with van der Waals surface area (Å²) in [5, 5.41) is 18.5. The van der Waals surface area contributed by atoms with Crippen molar-refractivity contribution in [2.45, 2.75) is 26.4 Å². The number of nitrogens with one attached hydrogen (secondary N) is 3. The van der Waals surface area contributed by atoms with Crippen LogP contribution in [-0.4, -0.2) is 27.9 Å². The van der Waals surface area contributed by atoms with Gasteiger partial charge in [-0.3, -0.25) is 14.9 Å². The standard InChI is InChI=1S/C22H26N6O/c1-2-10-25-12-16-6-5-7-17(11-16)14-28-15-18(13-26-28)27-22(29)21(24)19-8-3-4-9-20(19)23/h3-9,11,13,15,24-25H,2,10,12,14,23H2,1H3,(H,27,29). The lowest BCUT2D eigenvalue weighted by Crippen LogP contribution is -2.23. The van der Waals surface area contributed by atoms with Crippen LogP contribution in [0, 0.1) is 5.41 Å². The van der Waals surface area contributed by atoms with E-state index in [9.17, 15) is 4.79 Å². The van der Waals surface area contributed by atoms with Crippen LogP contribution in [0.4, 0.5) is 11.4 Å². The third-order valence-corrected chi connectivity index (χ3v) is 4.44. The van der Waals surface area contributed by atoms with Crippen molar-refractivity contribution in [3.63, 3.8) is 0 Å². The van der Waals surface area contributed by atoms with Gasteiger partial charge in [-0.05, 0) is 30.2 Å². The van der Waals surface area contributed by atoms with E-state index in [1.54, 1.807) is 41.3 Å². The van der Waals surface area contributed by atoms with E-state index >= 15 is 0 Å². The maximum absolute atomic E-state index is 12.4. The van der Waals surface area contributed by atoms with Gasteiger partial charge in [0.05, 0.1) is 18.4 Å². The molecule has 3 aromatic rings. The Kier molecular flexibility index (Phi) is 6.76. The second-order valence-electron chi connectivity index (χ2n) is 6.84. The number of benzene rings is 2. The van der Waals surface area contributed by atoms with Gasteiger partial charge in [-0.25, -0.2) is 0 Å². The molecule has 1 heterocycles. The summed E-state index contributed by atoms with van der Waals surface area (Å²) in [6, 6.07) is 15.2. The average Bonchev–Trinajstić information content (AvgIpc) is 3.15. The number of aromatic nitrogens is 2. The largest absolute Gasteiger partial charge is 0.398 e. The number of anilines is 2. The van der Waals surface area contributed by atoms with Crippen LogP contribution >= 0.6 is 0 Å². The number of nitrogens with zero attached hydrogens (tertiary/aromatic N) is 2. The molecule has 0 saturated heterocycles. The van der Waals surface area contributed by atoms with Crippen LogP contribution < -0.4 is 16.4 Å². The van der Waals surface area contributed by atoms with E-state index in [2.05, 4.69) is 40.9 Å². The second kappa shape index (κ2) is 9.66. The Morgan fingerprint density at radius 3 is 2.76 bits per heavy atom. The first-order chi connectivity index (χ1) is 14.1. The quantitative estimate of drug-likeness (QED) is 0.256. The topological polar surface area (TPSA) is 109 Å². The molecule has 0 aliphatic carbocycles. The van der Waals surface area contributed by atoms with Crippen LogP contribution in [0.15, 0.2) is 60.9 Å². The SMILES string of the molecule is CCCNCc1cccc(Cn2cc(NC(=O)C(=N)c3ccccc3N)cn2)c1. The minimum atomic E-state index is -0.522. The first-order valence-corrected chi connectivity index (χ1v) is 9.62. The molecule has 0 saturated carbocycles. The highest BCUT2D eigenvalue weighted by atomic mass is 16.1. The monoisotopic (exact) mass is 390 g/mol. The number of amides is 1. The first kappa shape index (κ1) is 20.3. The van der Waals surface area contributed by atoms with Gasteiger partial charge in [0.1, 0.15) is 5.71 Å². The maximum Gasteiger partial charge on any atom is 0.274 e. The van der Waals surface area contributed by atoms with Gasteiger partial charge in [-0.2, -0.15) is 5.10 Å². The fourth-order valence-electron chi connectivity index (χ4n) is 2.99. The number of carbonyl (C=O) groups excluding carboxylic acids is 1. The molecule has 29 heavy (non-hydrogen) atoms. The molecule has 0 fully saturated rings. The second-order valence-corrected chi connectivity index (χ2v) is 6.84. The van der Waals surface area contributed by atoms with Gasteiger partial charge in [0.15, 0.2) is 0 Å². The summed E-state index contributed by atoms with van der Waals surface area (Å²) in [7, 11) is 0. The third kappa shape index (κ3) is 5.52. The molecule has 0 unspecified atom stereocenters. The molecule has 0 atom stereocenters. The van der Waals surface area contributed by atoms with Crippen molar-refractivity contribution in [1.82, 2.24) is 15.1 Å². The summed E-state index contributed by atoms with van der Waals surface area (Å²) < 4.78 is 1.76. The number of nitrogens with two attached hydrogens (primary N) is 1. The molecule has 7 nitrogen and oxygen atoms in total.